The van der Waals surface area contributed by atoms with Crippen LogP contribution in [0.1, 0.15) is 23.7 Å². The van der Waals surface area contributed by atoms with E-state index in [0.29, 0.717) is 11.3 Å². The molecule has 1 aromatic carbocycles. The Balaban J connectivity index is 2.62. The predicted octanol–water partition coefficient (Wildman–Crippen LogP) is 1.33. The van der Waals surface area contributed by atoms with Crippen LogP contribution >= 0.6 is 0 Å². The van der Waals surface area contributed by atoms with Gasteiger partial charge in [-0.2, -0.15) is 0 Å². The zero-order chi connectivity index (χ0) is 14.3. The molecule has 2 N–H and O–H groups in total. The third-order valence-electron chi connectivity index (χ3n) is 2.51. The predicted molar refractivity (Wildman–Crippen MR) is 76.2 cm³/mol. The zero-order valence-corrected chi connectivity index (χ0v) is 11.7. The number of benzene rings is 1. The number of hydrogen-bond acceptors (Lipinski definition) is 3. The number of nitrogens with zero attached hydrogens (tertiary/aromatic N) is 1. The summed E-state index contributed by atoms with van der Waals surface area (Å²) < 4.78 is 0. The number of anilines is 1. The number of rotatable bonds is 6. The molecule has 0 spiro atoms. The Labute approximate surface area is 114 Å². The van der Waals surface area contributed by atoms with Crippen molar-refractivity contribution in [2.75, 3.05) is 32.5 Å². The van der Waals surface area contributed by atoms with Gasteiger partial charge in [0.2, 0.25) is 5.91 Å². The third-order valence-corrected chi connectivity index (χ3v) is 2.51. The molecular formula is C14H21N3O2. The summed E-state index contributed by atoms with van der Waals surface area (Å²) >= 11 is 0. The Morgan fingerprint density at radius 2 is 2.00 bits per heavy atom. The van der Waals surface area contributed by atoms with Gasteiger partial charge in [-0.25, -0.2) is 0 Å². The quantitative estimate of drug-likeness (QED) is 0.761. The highest BCUT2D eigenvalue weighted by Gasteiger charge is 2.09. The number of amides is 2. The van der Waals surface area contributed by atoms with Gasteiger partial charge < -0.3 is 15.5 Å². The van der Waals surface area contributed by atoms with Crippen LogP contribution in [0.3, 0.4) is 0 Å². The van der Waals surface area contributed by atoms with Crippen LogP contribution in [-0.4, -0.2) is 43.9 Å². The van der Waals surface area contributed by atoms with Crippen molar-refractivity contribution in [2.24, 2.45) is 0 Å². The highest BCUT2D eigenvalue weighted by Crippen LogP contribution is 2.11. The molecule has 104 valence electrons. The molecule has 0 saturated carbocycles. The summed E-state index contributed by atoms with van der Waals surface area (Å²) in [5.41, 5.74) is 1.19. The van der Waals surface area contributed by atoms with Crippen molar-refractivity contribution in [3.8, 4) is 0 Å². The van der Waals surface area contributed by atoms with Crippen LogP contribution in [-0.2, 0) is 4.79 Å². The summed E-state index contributed by atoms with van der Waals surface area (Å²) in [5.74, 6) is -0.192. The van der Waals surface area contributed by atoms with Gasteiger partial charge in [-0.05, 0) is 31.2 Å². The van der Waals surface area contributed by atoms with Crippen molar-refractivity contribution in [3.63, 3.8) is 0 Å². The smallest absolute Gasteiger partial charge is 0.253 e. The number of carbonyl (C=O) groups is 2. The van der Waals surface area contributed by atoms with Crippen LogP contribution in [0.15, 0.2) is 24.3 Å². The molecule has 0 aromatic heterocycles. The number of carbonyl (C=O) groups excluding carboxylic acids is 2. The standard InChI is InChI=1S/C14H21N3O2/c1-4-8-15-10-13(18)16-12-7-5-6-11(9-12)14(19)17(2)3/h5-7,9,15H,4,8,10H2,1-3H3,(H,16,18). The minimum absolute atomic E-state index is 0.0831. The molecule has 5 heteroatoms. The monoisotopic (exact) mass is 263 g/mol. The van der Waals surface area contributed by atoms with Gasteiger partial charge in [-0.15, -0.1) is 0 Å². The summed E-state index contributed by atoms with van der Waals surface area (Å²) in [4.78, 5) is 24.9. The van der Waals surface area contributed by atoms with Crippen LogP contribution < -0.4 is 10.6 Å². The molecule has 0 bridgehead atoms. The van der Waals surface area contributed by atoms with Crippen LogP contribution in [0.4, 0.5) is 5.69 Å². The zero-order valence-electron chi connectivity index (χ0n) is 11.7. The summed E-state index contributed by atoms with van der Waals surface area (Å²) in [5, 5.41) is 5.79. The molecule has 0 saturated heterocycles. The lowest BCUT2D eigenvalue weighted by molar-refractivity contribution is -0.115. The fraction of sp³-hybridized carbons (Fsp3) is 0.429. The van der Waals surface area contributed by atoms with Crippen molar-refractivity contribution >= 4 is 17.5 Å². The van der Waals surface area contributed by atoms with Gasteiger partial charge in [-0.3, -0.25) is 9.59 Å². The molecule has 1 aromatic rings. The first-order valence-electron chi connectivity index (χ1n) is 6.37. The summed E-state index contributed by atoms with van der Waals surface area (Å²) in [6.07, 6.45) is 0.986. The van der Waals surface area contributed by atoms with E-state index in [1.165, 1.54) is 4.90 Å². The SMILES string of the molecule is CCCNCC(=O)Nc1cccc(C(=O)N(C)C)c1. The number of nitrogens with one attached hydrogen (secondary N) is 2. The molecule has 2 amide bonds. The van der Waals surface area contributed by atoms with Crippen LogP contribution in [0.2, 0.25) is 0 Å². The second-order valence-electron chi connectivity index (χ2n) is 4.51. The minimum atomic E-state index is -0.108. The van der Waals surface area contributed by atoms with E-state index in [4.69, 9.17) is 0 Å². The minimum Gasteiger partial charge on any atom is -0.345 e. The molecule has 0 atom stereocenters. The summed E-state index contributed by atoms with van der Waals surface area (Å²) in [6, 6.07) is 6.93. The highest BCUT2D eigenvalue weighted by molar-refractivity contribution is 5.97. The fourth-order valence-corrected chi connectivity index (χ4v) is 1.57. The van der Waals surface area contributed by atoms with Crippen LogP contribution in [0.5, 0.6) is 0 Å². The third kappa shape index (κ3) is 5.09. The lowest BCUT2D eigenvalue weighted by atomic mass is 10.2. The van der Waals surface area contributed by atoms with E-state index in [1.807, 2.05) is 6.92 Å². The van der Waals surface area contributed by atoms with Gasteiger partial charge in [0.15, 0.2) is 0 Å². The van der Waals surface area contributed by atoms with E-state index >= 15 is 0 Å². The van der Waals surface area contributed by atoms with E-state index in [2.05, 4.69) is 10.6 Å². The molecule has 1 rings (SSSR count). The van der Waals surface area contributed by atoms with Crippen molar-refractivity contribution in [2.45, 2.75) is 13.3 Å². The fourth-order valence-electron chi connectivity index (χ4n) is 1.57. The summed E-state index contributed by atoms with van der Waals surface area (Å²) in [7, 11) is 3.39. The molecule has 0 radical (unpaired) electrons. The molecule has 0 fully saturated rings. The topological polar surface area (TPSA) is 61.4 Å². The maximum absolute atomic E-state index is 11.8. The Morgan fingerprint density at radius 1 is 1.26 bits per heavy atom. The van der Waals surface area contributed by atoms with Gasteiger partial charge in [0.1, 0.15) is 0 Å². The van der Waals surface area contributed by atoms with E-state index in [1.54, 1.807) is 38.4 Å². The Bertz CT molecular complexity index is 444. The maximum atomic E-state index is 11.8. The normalized spacial score (nSPS) is 10.1. The van der Waals surface area contributed by atoms with Crippen molar-refractivity contribution in [3.05, 3.63) is 29.8 Å². The second-order valence-corrected chi connectivity index (χ2v) is 4.51. The van der Waals surface area contributed by atoms with E-state index in [0.717, 1.165) is 13.0 Å². The Kier molecular flexibility index (Phi) is 6.02. The number of hydrogen-bond donors (Lipinski definition) is 2. The van der Waals surface area contributed by atoms with Gasteiger partial charge >= 0.3 is 0 Å². The molecular weight excluding hydrogens is 242 g/mol. The largest absolute Gasteiger partial charge is 0.345 e. The highest BCUT2D eigenvalue weighted by atomic mass is 16.2. The molecule has 0 unspecified atom stereocenters. The Hall–Kier alpha value is -1.88. The van der Waals surface area contributed by atoms with E-state index < -0.39 is 0 Å². The van der Waals surface area contributed by atoms with Gasteiger partial charge in [-0.1, -0.05) is 13.0 Å². The van der Waals surface area contributed by atoms with E-state index in [-0.39, 0.29) is 18.4 Å². The average Bonchev–Trinajstić information content (AvgIpc) is 2.38. The van der Waals surface area contributed by atoms with Gasteiger partial charge in [0.25, 0.3) is 5.91 Å². The van der Waals surface area contributed by atoms with Crippen molar-refractivity contribution in [1.82, 2.24) is 10.2 Å². The van der Waals surface area contributed by atoms with Crippen molar-refractivity contribution < 1.29 is 9.59 Å². The first-order chi connectivity index (χ1) is 9.04. The molecule has 0 aliphatic heterocycles. The van der Waals surface area contributed by atoms with Gasteiger partial charge in [0.05, 0.1) is 6.54 Å². The van der Waals surface area contributed by atoms with Crippen LogP contribution in [0.25, 0.3) is 0 Å². The molecule has 0 aliphatic carbocycles. The molecule has 0 heterocycles. The maximum Gasteiger partial charge on any atom is 0.253 e. The Morgan fingerprint density at radius 3 is 2.63 bits per heavy atom. The lowest BCUT2D eigenvalue weighted by Gasteiger charge is -2.11. The second kappa shape index (κ2) is 7.53. The lowest BCUT2D eigenvalue weighted by Crippen LogP contribution is -2.28. The van der Waals surface area contributed by atoms with Crippen molar-refractivity contribution in [1.29, 1.82) is 0 Å². The summed E-state index contributed by atoms with van der Waals surface area (Å²) in [6.45, 7) is 3.13. The van der Waals surface area contributed by atoms with Crippen LogP contribution in [0, 0.1) is 0 Å². The average molecular weight is 263 g/mol. The van der Waals surface area contributed by atoms with E-state index in [9.17, 15) is 9.59 Å². The van der Waals surface area contributed by atoms with Gasteiger partial charge in [0, 0.05) is 25.3 Å². The first-order valence-corrected chi connectivity index (χ1v) is 6.37. The molecule has 19 heavy (non-hydrogen) atoms. The molecule has 5 nitrogen and oxygen atoms in total. The molecule has 0 aliphatic rings. The first kappa shape index (κ1) is 15.2.